The monoisotopic (exact) mass is 352 g/mol. The molecule has 0 spiro atoms. The van der Waals surface area contributed by atoms with E-state index in [1.807, 2.05) is 40.7 Å². The van der Waals surface area contributed by atoms with Gasteiger partial charge in [0, 0.05) is 25.3 Å². The van der Waals surface area contributed by atoms with Gasteiger partial charge in [0.15, 0.2) is 11.5 Å². The molecule has 0 radical (unpaired) electrons. The summed E-state index contributed by atoms with van der Waals surface area (Å²) >= 11 is 0. The van der Waals surface area contributed by atoms with Crippen LogP contribution in [0, 0.1) is 6.92 Å². The van der Waals surface area contributed by atoms with Gasteiger partial charge in [-0.1, -0.05) is 17.7 Å². The smallest absolute Gasteiger partial charge is 0.289 e. The van der Waals surface area contributed by atoms with Crippen LogP contribution in [0.15, 0.2) is 24.3 Å². The molecule has 1 saturated heterocycles. The number of aryl methyl sites for hydroxylation is 1. The van der Waals surface area contributed by atoms with E-state index >= 15 is 0 Å². The maximum Gasteiger partial charge on any atom is 0.289 e. The van der Waals surface area contributed by atoms with Crippen molar-refractivity contribution in [1.82, 2.24) is 14.5 Å². The average Bonchev–Trinajstić information content (AvgIpc) is 3.31. The predicted octanol–water partition coefficient (Wildman–Crippen LogP) is 3.02. The number of hydrogen-bond acceptors (Lipinski definition) is 3. The molecular formula is C20H24N4O2. The van der Waals surface area contributed by atoms with Gasteiger partial charge < -0.3 is 14.8 Å². The fraction of sp³-hybridized carbons (Fsp3) is 0.450. The first-order valence-electron chi connectivity index (χ1n) is 9.40. The number of imidazole rings is 1. The molecule has 2 aliphatic rings. The molecular weight excluding hydrogens is 328 g/mol. The Labute approximate surface area is 153 Å². The molecule has 3 heterocycles. The van der Waals surface area contributed by atoms with E-state index in [0.29, 0.717) is 11.5 Å². The lowest BCUT2D eigenvalue weighted by Crippen LogP contribution is -2.31. The van der Waals surface area contributed by atoms with Crippen LogP contribution in [0.2, 0.25) is 0 Å². The van der Waals surface area contributed by atoms with Crippen molar-refractivity contribution in [1.29, 1.82) is 0 Å². The second kappa shape index (κ2) is 6.94. The molecule has 1 N–H and O–H groups in total. The summed E-state index contributed by atoms with van der Waals surface area (Å²) in [6.07, 6.45) is 4.91. The van der Waals surface area contributed by atoms with Gasteiger partial charge in [0.05, 0.1) is 5.69 Å². The van der Waals surface area contributed by atoms with Gasteiger partial charge in [-0.2, -0.15) is 0 Å². The Morgan fingerprint density at radius 1 is 1.00 bits per heavy atom. The average molecular weight is 352 g/mol. The number of benzene rings is 1. The third kappa shape index (κ3) is 3.11. The third-order valence-corrected chi connectivity index (χ3v) is 5.23. The Morgan fingerprint density at radius 3 is 2.42 bits per heavy atom. The van der Waals surface area contributed by atoms with Crippen LogP contribution in [0.5, 0.6) is 0 Å². The summed E-state index contributed by atoms with van der Waals surface area (Å²) in [5.41, 5.74) is 3.17. The highest BCUT2D eigenvalue weighted by atomic mass is 16.2. The number of nitrogens with zero attached hydrogens (tertiary/aromatic N) is 3. The van der Waals surface area contributed by atoms with Gasteiger partial charge in [0.2, 0.25) is 0 Å². The maximum atomic E-state index is 12.9. The summed E-state index contributed by atoms with van der Waals surface area (Å²) in [5.74, 6) is 0.149. The fourth-order valence-corrected chi connectivity index (χ4v) is 3.78. The van der Waals surface area contributed by atoms with Crippen LogP contribution in [0.3, 0.4) is 0 Å². The summed E-state index contributed by atoms with van der Waals surface area (Å²) < 4.78 is 1.97. The summed E-state index contributed by atoms with van der Waals surface area (Å²) in [6.45, 7) is 4.33. The first kappa shape index (κ1) is 16.8. The molecule has 0 aliphatic carbocycles. The highest BCUT2D eigenvalue weighted by Crippen LogP contribution is 2.24. The Kier molecular flexibility index (Phi) is 4.49. The van der Waals surface area contributed by atoms with Crippen molar-refractivity contribution >= 4 is 17.5 Å². The highest BCUT2D eigenvalue weighted by Gasteiger charge is 2.30. The van der Waals surface area contributed by atoms with E-state index in [9.17, 15) is 9.59 Å². The van der Waals surface area contributed by atoms with Gasteiger partial charge in [-0.3, -0.25) is 9.59 Å². The van der Waals surface area contributed by atoms with Crippen LogP contribution >= 0.6 is 0 Å². The number of carbonyl (C=O) groups excluding carboxylic acids is 2. The number of rotatable bonds is 3. The van der Waals surface area contributed by atoms with E-state index in [2.05, 4.69) is 10.3 Å². The molecule has 2 aromatic rings. The minimum atomic E-state index is -0.236. The Balaban J connectivity index is 1.64. The van der Waals surface area contributed by atoms with Crippen LogP contribution < -0.4 is 5.32 Å². The number of aromatic nitrogens is 2. The van der Waals surface area contributed by atoms with E-state index in [-0.39, 0.29) is 11.8 Å². The number of amides is 2. The molecule has 2 amide bonds. The third-order valence-electron chi connectivity index (χ3n) is 5.23. The molecule has 0 bridgehead atoms. The SMILES string of the molecule is Cc1ccc(NC(=O)c2nc(C(=O)N3CCCC3)n3c2CCCC3)cc1. The quantitative estimate of drug-likeness (QED) is 0.923. The molecule has 0 atom stereocenters. The van der Waals surface area contributed by atoms with E-state index in [4.69, 9.17) is 0 Å². The van der Waals surface area contributed by atoms with Gasteiger partial charge >= 0.3 is 0 Å². The van der Waals surface area contributed by atoms with Crippen LogP contribution in [0.1, 0.15) is 58.0 Å². The van der Waals surface area contributed by atoms with Crippen molar-refractivity contribution in [3.05, 3.63) is 47.0 Å². The summed E-state index contributed by atoms with van der Waals surface area (Å²) in [6, 6.07) is 7.68. The molecule has 26 heavy (non-hydrogen) atoms. The topological polar surface area (TPSA) is 67.2 Å². The zero-order valence-electron chi connectivity index (χ0n) is 15.1. The van der Waals surface area contributed by atoms with Crippen molar-refractivity contribution < 1.29 is 9.59 Å². The summed E-state index contributed by atoms with van der Waals surface area (Å²) in [5, 5.41) is 2.92. The largest absolute Gasteiger partial charge is 0.336 e. The first-order chi connectivity index (χ1) is 12.6. The van der Waals surface area contributed by atoms with Crippen molar-refractivity contribution in [2.24, 2.45) is 0 Å². The van der Waals surface area contributed by atoms with Crippen LogP contribution in [0.4, 0.5) is 5.69 Å². The fourth-order valence-electron chi connectivity index (χ4n) is 3.78. The van der Waals surface area contributed by atoms with Crippen molar-refractivity contribution in [2.75, 3.05) is 18.4 Å². The molecule has 4 rings (SSSR count). The minimum Gasteiger partial charge on any atom is -0.336 e. The number of carbonyl (C=O) groups is 2. The van der Waals surface area contributed by atoms with Gasteiger partial charge in [0.25, 0.3) is 11.8 Å². The Hall–Kier alpha value is -2.63. The second-order valence-electron chi connectivity index (χ2n) is 7.16. The lowest BCUT2D eigenvalue weighted by atomic mass is 10.1. The van der Waals surface area contributed by atoms with E-state index in [1.165, 1.54) is 0 Å². The highest BCUT2D eigenvalue weighted by molar-refractivity contribution is 6.05. The zero-order valence-corrected chi connectivity index (χ0v) is 15.1. The molecule has 1 aromatic carbocycles. The van der Waals surface area contributed by atoms with E-state index < -0.39 is 0 Å². The number of anilines is 1. The normalized spacial score (nSPS) is 16.4. The molecule has 136 valence electrons. The second-order valence-corrected chi connectivity index (χ2v) is 7.16. The summed E-state index contributed by atoms with van der Waals surface area (Å²) in [7, 11) is 0. The molecule has 0 saturated carbocycles. The Bertz CT molecular complexity index is 832. The number of fused-ring (bicyclic) bond motifs is 1. The lowest BCUT2D eigenvalue weighted by molar-refractivity contribution is 0.0774. The lowest BCUT2D eigenvalue weighted by Gasteiger charge is -2.19. The molecule has 2 aliphatic heterocycles. The molecule has 6 nitrogen and oxygen atoms in total. The van der Waals surface area contributed by atoms with Gasteiger partial charge in [-0.05, 0) is 51.2 Å². The van der Waals surface area contributed by atoms with Gasteiger partial charge in [-0.25, -0.2) is 4.98 Å². The molecule has 1 aromatic heterocycles. The number of hydrogen-bond donors (Lipinski definition) is 1. The van der Waals surface area contributed by atoms with Crippen molar-refractivity contribution in [3.8, 4) is 0 Å². The molecule has 1 fully saturated rings. The molecule has 0 unspecified atom stereocenters. The summed E-state index contributed by atoms with van der Waals surface area (Å²) in [4.78, 5) is 32.0. The van der Waals surface area contributed by atoms with E-state index in [1.54, 1.807) is 0 Å². The standard InChI is InChI=1S/C20H24N4O2/c1-14-7-9-15(10-8-14)21-19(25)17-16-6-2-3-13-24(16)18(22-17)20(26)23-11-4-5-12-23/h7-10H,2-6,11-13H2,1H3,(H,21,25). The zero-order chi connectivity index (χ0) is 18.1. The Morgan fingerprint density at radius 2 is 1.69 bits per heavy atom. The van der Waals surface area contributed by atoms with Crippen molar-refractivity contribution in [3.63, 3.8) is 0 Å². The number of nitrogens with one attached hydrogen (secondary N) is 1. The minimum absolute atomic E-state index is 0.0416. The maximum absolute atomic E-state index is 12.9. The predicted molar refractivity (Wildman–Crippen MR) is 99.4 cm³/mol. The number of likely N-dealkylation sites (tertiary alicyclic amines) is 1. The van der Waals surface area contributed by atoms with Crippen LogP contribution in [-0.2, 0) is 13.0 Å². The molecule has 6 heteroatoms. The van der Waals surface area contributed by atoms with Gasteiger partial charge in [0.1, 0.15) is 0 Å². The van der Waals surface area contributed by atoms with Gasteiger partial charge in [-0.15, -0.1) is 0 Å². The van der Waals surface area contributed by atoms with Crippen LogP contribution in [-0.4, -0.2) is 39.4 Å². The first-order valence-corrected chi connectivity index (χ1v) is 9.40. The van der Waals surface area contributed by atoms with E-state index in [0.717, 1.165) is 68.7 Å². The van der Waals surface area contributed by atoms with Crippen molar-refractivity contribution in [2.45, 2.75) is 45.6 Å². The van der Waals surface area contributed by atoms with Crippen LogP contribution in [0.25, 0.3) is 0 Å².